The minimum absolute atomic E-state index is 0.182. The van der Waals surface area contributed by atoms with Crippen LogP contribution in [0, 0.1) is 5.92 Å². The van der Waals surface area contributed by atoms with Gasteiger partial charge in [-0.1, -0.05) is 6.92 Å². The molecule has 5 heteroatoms. The Hall–Kier alpha value is -0.740. The lowest BCUT2D eigenvalue weighted by molar-refractivity contribution is -0.166. The van der Waals surface area contributed by atoms with Gasteiger partial charge in [-0.05, 0) is 6.92 Å². The standard InChI is InChI=1S/C6H11F3N2/c1-4(6(7,8)9)3-11-5(2)10/h4H,3H2,1-2H3,(H2,10,11). The summed E-state index contributed by atoms with van der Waals surface area (Å²) in [4.78, 5) is 3.47. The van der Waals surface area contributed by atoms with Gasteiger partial charge in [0.15, 0.2) is 0 Å². The van der Waals surface area contributed by atoms with E-state index in [4.69, 9.17) is 5.73 Å². The summed E-state index contributed by atoms with van der Waals surface area (Å²) < 4.78 is 35.4. The van der Waals surface area contributed by atoms with Gasteiger partial charge in [0.1, 0.15) is 0 Å². The average molecular weight is 168 g/mol. The van der Waals surface area contributed by atoms with Gasteiger partial charge >= 0.3 is 6.18 Å². The number of nitrogens with two attached hydrogens (primary N) is 1. The van der Waals surface area contributed by atoms with Gasteiger partial charge in [-0.25, -0.2) is 0 Å². The molecule has 0 heterocycles. The summed E-state index contributed by atoms with van der Waals surface area (Å²) in [5.41, 5.74) is 5.07. The first kappa shape index (κ1) is 10.3. The summed E-state index contributed by atoms with van der Waals surface area (Å²) in [7, 11) is 0. The van der Waals surface area contributed by atoms with Gasteiger partial charge in [-0.3, -0.25) is 4.99 Å². The molecule has 0 bridgehead atoms. The van der Waals surface area contributed by atoms with Crippen LogP contribution < -0.4 is 5.73 Å². The quantitative estimate of drug-likeness (QED) is 0.493. The summed E-state index contributed by atoms with van der Waals surface area (Å²) in [5.74, 6) is -1.23. The Bertz CT molecular complexity index is 146. The molecule has 2 nitrogen and oxygen atoms in total. The monoisotopic (exact) mass is 168 g/mol. The van der Waals surface area contributed by atoms with Gasteiger partial charge in [-0.15, -0.1) is 0 Å². The number of aliphatic imine (C=N–C) groups is 1. The fraction of sp³-hybridized carbons (Fsp3) is 0.833. The van der Waals surface area contributed by atoms with Crippen LogP contribution in [0.3, 0.4) is 0 Å². The van der Waals surface area contributed by atoms with Crippen LogP contribution in [0.4, 0.5) is 13.2 Å². The van der Waals surface area contributed by atoms with E-state index in [1.165, 1.54) is 6.92 Å². The zero-order chi connectivity index (χ0) is 9.07. The molecule has 0 aromatic rings. The minimum atomic E-state index is -4.17. The maximum absolute atomic E-state index is 11.8. The lowest BCUT2D eigenvalue weighted by atomic mass is 10.2. The molecule has 0 rings (SSSR count). The number of nitrogens with zero attached hydrogens (tertiary/aromatic N) is 1. The molecule has 0 fully saturated rings. The lowest BCUT2D eigenvalue weighted by Crippen LogP contribution is -2.23. The first-order chi connectivity index (χ1) is 4.84. The molecule has 1 atom stereocenters. The van der Waals surface area contributed by atoms with Crippen molar-refractivity contribution in [1.82, 2.24) is 0 Å². The Labute approximate surface area is 63.3 Å². The molecule has 0 spiro atoms. The highest BCUT2D eigenvalue weighted by Crippen LogP contribution is 2.25. The molecule has 1 unspecified atom stereocenters. The van der Waals surface area contributed by atoms with Gasteiger partial charge in [0, 0.05) is 0 Å². The molecule has 0 radical (unpaired) electrons. The van der Waals surface area contributed by atoms with Crippen LogP contribution in [0.5, 0.6) is 0 Å². The minimum Gasteiger partial charge on any atom is -0.388 e. The van der Waals surface area contributed by atoms with Gasteiger partial charge in [-0.2, -0.15) is 13.2 Å². The van der Waals surface area contributed by atoms with E-state index in [1.54, 1.807) is 0 Å². The first-order valence-electron chi connectivity index (χ1n) is 3.17. The summed E-state index contributed by atoms with van der Waals surface area (Å²) in [6, 6.07) is 0. The molecule has 0 aliphatic carbocycles. The molecule has 0 saturated heterocycles. The molecule has 2 N–H and O–H groups in total. The van der Waals surface area contributed by atoms with Gasteiger partial charge in [0.25, 0.3) is 0 Å². The van der Waals surface area contributed by atoms with Gasteiger partial charge in [0.05, 0.1) is 18.3 Å². The van der Waals surface area contributed by atoms with E-state index in [1.807, 2.05) is 0 Å². The van der Waals surface area contributed by atoms with Crippen molar-refractivity contribution in [3.8, 4) is 0 Å². The van der Waals surface area contributed by atoms with Crippen molar-refractivity contribution in [1.29, 1.82) is 0 Å². The van der Waals surface area contributed by atoms with Crippen LogP contribution in [-0.2, 0) is 0 Å². The Morgan fingerprint density at radius 1 is 1.55 bits per heavy atom. The number of hydrogen-bond acceptors (Lipinski definition) is 1. The van der Waals surface area contributed by atoms with Crippen LogP contribution in [-0.4, -0.2) is 18.6 Å². The van der Waals surface area contributed by atoms with E-state index in [2.05, 4.69) is 4.99 Å². The highest BCUT2D eigenvalue weighted by atomic mass is 19.4. The molecule has 0 saturated carbocycles. The second-order valence-electron chi connectivity index (χ2n) is 2.42. The van der Waals surface area contributed by atoms with E-state index >= 15 is 0 Å². The third-order valence-corrected chi connectivity index (χ3v) is 1.17. The number of amidine groups is 1. The smallest absolute Gasteiger partial charge is 0.388 e. The second-order valence-corrected chi connectivity index (χ2v) is 2.42. The van der Waals surface area contributed by atoms with E-state index < -0.39 is 12.1 Å². The molecule has 0 aromatic heterocycles. The van der Waals surface area contributed by atoms with E-state index in [9.17, 15) is 13.2 Å². The topological polar surface area (TPSA) is 38.4 Å². The van der Waals surface area contributed by atoms with Crippen molar-refractivity contribution in [3.05, 3.63) is 0 Å². The molecule has 0 amide bonds. The largest absolute Gasteiger partial charge is 0.393 e. The number of alkyl halides is 3. The zero-order valence-corrected chi connectivity index (χ0v) is 6.44. The van der Waals surface area contributed by atoms with Crippen LogP contribution >= 0.6 is 0 Å². The number of hydrogen-bond donors (Lipinski definition) is 1. The summed E-state index contributed by atoms with van der Waals surface area (Å²) in [5, 5.41) is 0. The predicted octanol–water partition coefficient (Wildman–Crippen LogP) is 1.56. The lowest BCUT2D eigenvalue weighted by Gasteiger charge is -2.12. The van der Waals surface area contributed by atoms with Crippen LogP contribution in [0.1, 0.15) is 13.8 Å². The van der Waals surface area contributed by atoms with E-state index in [0.29, 0.717) is 0 Å². The fourth-order valence-electron chi connectivity index (χ4n) is 0.384. The van der Waals surface area contributed by atoms with Crippen molar-refractivity contribution >= 4 is 5.84 Å². The second kappa shape index (κ2) is 3.59. The molecule has 0 aliphatic heterocycles. The van der Waals surface area contributed by atoms with E-state index in [-0.39, 0.29) is 12.4 Å². The zero-order valence-electron chi connectivity index (χ0n) is 6.44. The SMILES string of the molecule is CC(N)=NCC(C)C(F)(F)F. The molecule has 11 heavy (non-hydrogen) atoms. The van der Waals surface area contributed by atoms with Crippen LogP contribution in [0.25, 0.3) is 0 Å². The average Bonchev–Trinajstić information content (AvgIpc) is 1.80. The third kappa shape index (κ3) is 4.64. The van der Waals surface area contributed by atoms with Gasteiger partial charge < -0.3 is 5.73 Å². The van der Waals surface area contributed by atoms with Crippen molar-refractivity contribution in [3.63, 3.8) is 0 Å². The maximum Gasteiger partial charge on any atom is 0.393 e. The summed E-state index contributed by atoms with van der Waals surface area (Å²) >= 11 is 0. The molecular formula is C6H11F3N2. The fourth-order valence-corrected chi connectivity index (χ4v) is 0.384. The third-order valence-electron chi connectivity index (χ3n) is 1.17. The van der Waals surface area contributed by atoms with Crippen LogP contribution in [0.15, 0.2) is 4.99 Å². The van der Waals surface area contributed by atoms with Crippen molar-refractivity contribution in [2.45, 2.75) is 20.0 Å². The van der Waals surface area contributed by atoms with Crippen molar-refractivity contribution < 1.29 is 13.2 Å². The molecule has 66 valence electrons. The van der Waals surface area contributed by atoms with Crippen molar-refractivity contribution in [2.24, 2.45) is 16.6 Å². The number of halogens is 3. The van der Waals surface area contributed by atoms with Crippen LogP contribution in [0.2, 0.25) is 0 Å². The normalized spacial score (nSPS) is 16.6. The molecule has 0 aromatic carbocycles. The van der Waals surface area contributed by atoms with Gasteiger partial charge in [0.2, 0.25) is 0 Å². The molecular weight excluding hydrogens is 157 g/mol. The maximum atomic E-state index is 11.8. The summed E-state index contributed by atoms with van der Waals surface area (Å²) in [6.45, 7) is 2.25. The Balaban J connectivity index is 3.89. The van der Waals surface area contributed by atoms with Crippen molar-refractivity contribution in [2.75, 3.05) is 6.54 Å². The van der Waals surface area contributed by atoms with E-state index in [0.717, 1.165) is 6.92 Å². The highest BCUT2D eigenvalue weighted by molar-refractivity contribution is 5.77. The Morgan fingerprint density at radius 2 is 2.00 bits per heavy atom. The highest BCUT2D eigenvalue weighted by Gasteiger charge is 2.35. The first-order valence-corrected chi connectivity index (χ1v) is 3.17. The predicted molar refractivity (Wildman–Crippen MR) is 37.4 cm³/mol. The summed E-state index contributed by atoms with van der Waals surface area (Å²) in [6.07, 6.45) is -4.17. The molecule has 0 aliphatic rings. The Kier molecular flexibility index (Phi) is 3.35. The number of rotatable bonds is 2. The Morgan fingerprint density at radius 3 is 2.27 bits per heavy atom.